The molecule has 0 unspecified atom stereocenters. The van der Waals surface area contributed by atoms with Crippen LogP contribution >= 0.6 is 0 Å². The molecule has 5 N–H and O–H groups in total. The zero-order valence-electron chi connectivity index (χ0n) is 15.1. The highest BCUT2D eigenvalue weighted by molar-refractivity contribution is 5.20. The predicted molar refractivity (Wildman–Crippen MR) is 95.7 cm³/mol. The number of allylic oxidation sites excluding steroid dienone is 1. The number of fused-ring (bicyclic) bond motifs is 1. The molecule has 0 radical (unpaired) electrons. The van der Waals surface area contributed by atoms with E-state index in [0.717, 1.165) is 25.8 Å². The third kappa shape index (κ3) is 2.60. The van der Waals surface area contributed by atoms with E-state index in [1.54, 1.807) is 0 Å². The van der Waals surface area contributed by atoms with Crippen LogP contribution in [0.15, 0.2) is 12.2 Å². The third-order valence-electron chi connectivity index (χ3n) is 8.30. The third-order valence-corrected chi connectivity index (χ3v) is 8.30. The van der Waals surface area contributed by atoms with Gasteiger partial charge in [0.2, 0.25) is 0 Å². The van der Waals surface area contributed by atoms with Gasteiger partial charge < -0.3 is 16.6 Å². The van der Waals surface area contributed by atoms with Crippen LogP contribution in [-0.4, -0.2) is 24.3 Å². The van der Waals surface area contributed by atoms with Crippen LogP contribution in [0.2, 0.25) is 0 Å². The quantitative estimate of drug-likeness (QED) is 0.700. The molecule has 3 aliphatic rings. The summed E-state index contributed by atoms with van der Waals surface area (Å²) in [4.78, 5) is 0. The van der Waals surface area contributed by atoms with Crippen molar-refractivity contribution in [2.75, 3.05) is 13.1 Å². The van der Waals surface area contributed by atoms with E-state index in [0.29, 0.717) is 35.6 Å². The first kappa shape index (κ1) is 17.4. The first-order chi connectivity index (χ1) is 10.9. The van der Waals surface area contributed by atoms with Gasteiger partial charge in [0.1, 0.15) is 0 Å². The minimum atomic E-state index is -0.159. The molecule has 3 nitrogen and oxygen atoms in total. The van der Waals surface area contributed by atoms with E-state index in [4.69, 9.17) is 11.5 Å². The van der Waals surface area contributed by atoms with E-state index in [1.807, 2.05) is 0 Å². The zero-order chi connectivity index (χ0) is 16.8. The molecular weight excluding hydrogens is 284 g/mol. The van der Waals surface area contributed by atoms with Gasteiger partial charge in [-0.3, -0.25) is 0 Å². The highest BCUT2D eigenvalue weighted by atomic mass is 16.3. The Morgan fingerprint density at radius 2 is 1.83 bits per heavy atom. The van der Waals surface area contributed by atoms with E-state index >= 15 is 0 Å². The molecule has 7 atom stereocenters. The maximum Gasteiger partial charge on any atom is 0.0543 e. The van der Waals surface area contributed by atoms with Gasteiger partial charge in [0, 0.05) is 0 Å². The molecule has 0 aliphatic heterocycles. The lowest BCUT2D eigenvalue weighted by Gasteiger charge is -2.56. The molecule has 0 heterocycles. The average Bonchev–Trinajstić information content (AvgIpc) is 2.84. The predicted octanol–water partition coefficient (Wildman–Crippen LogP) is 3.07. The fraction of sp³-hybridized carbons (Fsp3) is 0.900. The molecule has 0 spiro atoms. The normalized spacial score (nSPS) is 50.8. The van der Waals surface area contributed by atoms with Gasteiger partial charge in [-0.1, -0.05) is 26.0 Å². The molecule has 3 rings (SSSR count). The average molecular weight is 321 g/mol. The number of nitrogens with two attached hydrogens (primary N) is 2. The Morgan fingerprint density at radius 1 is 1.09 bits per heavy atom. The summed E-state index contributed by atoms with van der Waals surface area (Å²) >= 11 is 0. The van der Waals surface area contributed by atoms with E-state index in [9.17, 15) is 5.11 Å². The van der Waals surface area contributed by atoms with Gasteiger partial charge >= 0.3 is 0 Å². The number of aliphatic hydroxyl groups excluding tert-OH is 1. The Balaban J connectivity index is 1.89. The first-order valence-corrected chi connectivity index (χ1v) is 9.63. The van der Waals surface area contributed by atoms with Crippen molar-refractivity contribution in [3.63, 3.8) is 0 Å². The lowest BCUT2D eigenvalue weighted by molar-refractivity contribution is -0.0760. The van der Waals surface area contributed by atoms with Crippen molar-refractivity contribution in [3.05, 3.63) is 12.2 Å². The Kier molecular flexibility index (Phi) is 4.67. The fourth-order valence-electron chi connectivity index (χ4n) is 6.59. The van der Waals surface area contributed by atoms with Crippen molar-refractivity contribution in [1.82, 2.24) is 0 Å². The highest BCUT2D eigenvalue weighted by Crippen LogP contribution is 2.63. The minimum Gasteiger partial charge on any atom is -0.393 e. The first-order valence-electron chi connectivity index (χ1n) is 9.63. The van der Waals surface area contributed by atoms with Crippen LogP contribution < -0.4 is 11.5 Å². The molecule has 3 aliphatic carbocycles. The summed E-state index contributed by atoms with van der Waals surface area (Å²) in [5.74, 6) is 2.36. The Bertz CT molecular complexity index is 465. The lowest BCUT2D eigenvalue weighted by Crippen LogP contribution is -2.53. The second-order valence-corrected chi connectivity index (χ2v) is 9.08. The van der Waals surface area contributed by atoms with E-state index in [2.05, 4.69) is 20.4 Å². The van der Waals surface area contributed by atoms with Crippen molar-refractivity contribution in [3.8, 4) is 0 Å². The number of aliphatic hydroxyl groups is 1. The number of rotatable bonds is 3. The maximum atomic E-state index is 10.1. The standard InChI is InChI=1S/C20H36N2O/c1-13-4-5-17-16(12-22)18(7-9-19(13,17)2)20(3)8-6-15(23)10-14(20)11-21/h14-18,23H,1,4-12,21-22H2,2-3H3/t14-,15+,16+,17+,18+,19-,20+/m1/s1. The molecule has 23 heavy (non-hydrogen) atoms. The molecule has 0 aromatic rings. The smallest absolute Gasteiger partial charge is 0.0543 e. The molecule has 0 bridgehead atoms. The van der Waals surface area contributed by atoms with Crippen LogP contribution in [0.25, 0.3) is 0 Å². The molecule has 0 aromatic heterocycles. The lowest BCUT2D eigenvalue weighted by atomic mass is 9.49. The maximum absolute atomic E-state index is 10.1. The van der Waals surface area contributed by atoms with Crippen LogP contribution in [0, 0.1) is 34.5 Å². The summed E-state index contributed by atoms with van der Waals surface area (Å²) in [6.07, 6.45) is 7.68. The molecule has 3 saturated carbocycles. The second kappa shape index (κ2) is 6.16. The van der Waals surface area contributed by atoms with Crippen LogP contribution in [0.4, 0.5) is 0 Å². The Labute approximate surface area is 141 Å². The van der Waals surface area contributed by atoms with Gasteiger partial charge in [0.25, 0.3) is 0 Å². The fourth-order valence-corrected chi connectivity index (χ4v) is 6.59. The van der Waals surface area contributed by atoms with Crippen molar-refractivity contribution in [2.45, 2.75) is 64.9 Å². The van der Waals surface area contributed by atoms with E-state index < -0.39 is 0 Å². The molecule has 0 aromatic carbocycles. The summed E-state index contributed by atoms with van der Waals surface area (Å²) in [5.41, 5.74) is 14.5. The van der Waals surface area contributed by atoms with Gasteiger partial charge in [-0.05, 0) is 92.5 Å². The van der Waals surface area contributed by atoms with Gasteiger partial charge in [0.15, 0.2) is 0 Å². The van der Waals surface area contributed by atoms with Crippen molar-refractivity contribution in [2.24, 2.45) is 46.0 Å². The monoisotopic (exact) mass is 320 g/mol. The van der Waals surface area contributed by atoms with Gasteiger partial charge in [-0.2, -0.15) is 0 Å². The second-order valence-electron chi connectivity index (χ2n) is 9.08. The minimum absolute atomic E-state index is 0.159. The van der Waals surface area contributed by atoms with E-state index in [-0.39, 0.29) is 11.5 Å². The van der Waals surface area contributed by atoms with Crippen LogP contribution in [-0.2, 0) is 0 Å². The van der Waals surface area contributed by atoms with Crippen LogP contribution in [0.5, 0.6) is 0 Å². The van der Waals surface area contributed by atoms with Crippen LogP contribution in [0.1, 0.15) is 58.8 Å². The molecule has 132 valence electrons. The summed E-state index contributed by atoms with van der Waals surface area (Å²) in [5, 5.41) is 10.1. The van der Waals surface area contributed by atoms with Gasteiger partial charge in [0.05, 0.1) is 6.10 Å². The zero-order valence-corrected chi connectivity index (χ0v) is 15.1. The summed E-state index contributed by atoms with van der Waals surface area (Å²) in [6, 6.07) is 0. The summed E-state index contributed by atoms with van der Waals surface area (Å²) in [7, 11) is 0. The topological polar surface area (TPSA) is 72.3 Å². The molecule has 0 saturated heterocycles. The van der Waals surface area contributed by atoms with Gasteiger partial charge in [-0.15, -0.1) is 0 Å². The molecular formula is C20H36N2O. The van der Waals surface area contributed by atoms with E-state index in [1.165, 1.54) is 31.3 Å². The molecule has 3 fully saturated rings. The van der Waals surface area contributed by atoms with Crippen molar-refractivity contribution < 1.29 is 5.11 Å². The summed E-state index contributed by atoms with van der Waals surface area (Å²) in [6.45, 7) is 10.7. The Hall–Kier alpha value is -0.380. The SMILES string of the molecule is C=C1CC[C@H]2[C@H](CN)[C@@H]([C@@]3(C)CC[C@H](O)C[C@@H]3CN)CC[C@]12C. The highest BCUT2D eigenvalue weighted by Gasteiger charge is 2.56. The Morgan fingerprint density at radius 3 is 2.48 bits per heavy atom. The number of hydrogen-bond donors (Lipinski definition) is 3. The van der Waals surface area contributed by atoms with Crippen molar-refractivity contribution in [1.29, 1.82) is 0 Å². The molecule has 0 amide bonds. The van der Waals surface area contributed by atoms with Crippen LogP contribution in [0.3, 0.4) is 0 Å². The van der Waals surface area contributed by atoms with Crippen molar-refractivity contribution >= 4 is 0 Å². The summed E-state index contributed by atoms with van der Waals surface area (Å²) < 4.78 is 0. The van der Waals surface area contributed by atoms with Gasteiger partial charge in [-0.25, -0.2) is 0 Å². The number of hydrogen-bond acceptors (Lipinski definition) is 3. The molecule has 3 heteroatoms. The largest absolute Gasteiger partial charge is 0.393 e.